The third kappa shape index (κ3) is 5.02. The lowest BCUT2D eigenvalue weighted by molar-refractivity contribution is -0.325. The Bertz CT molecular complexity index is 182. The number of alkyl halides is 6. The first kappa shape index (κ1) is 15.5. The van der Waals surface area contributed by atoms with Crippen LogP contribution < -0.4 is 0 Å². The molecule has 0 aliphatic heterocycles. The van der Waals surface area contributed by atoms with Gasteiger partial charge < -0.3 is 9.47 Å². The predicted molar refractivity (Wildman–Crippen MR) is 42.9 cm³/mol. The standard InChI is InChI=1S/C8H12F6O2/c1-3-5(15-2)4-16-6(7(9,10)11)8(12,13)14/h5-6H,3-4H2,1-2H3. The molecule has 0 saturated heterocycles. The molecule has 0 heterocycles. The van der Waals surface area contributed by atoms with Gasteiger partial charge in [0, 0.05) is 7.11 Å². The van der Waals surface area contributed by atoms with Gasteiger partial charge >= 0.3 is 12.4 Å². The molecule has 0 spiro atoms. The Morgan fingerprint density at radius 3 is 1.69 bits per heavy atom. The summed E-state index contributed by atoms with van der Waals surface area (Å²) in [6.07, 6.45) is -15.2. The maximum Gasteiger partial charge on any atom is 0.423 e. The number of methoxy groups -OCH3 is 1. The highest BCUT2D eigenvalue weighted by molar-refractivity contribution is 4.76. The van der Waals surface area contributed by atoms with Crippen molar-refractivity contribution in [3.05, 3.63) is 0 Å². The molecule has 0 rings (SSSR count). The van der Waals surface area contributed by atoms with Crippen molar-refractivity contribution >= 4 is 0 Å². The molecule has 0 aromatic heterocycles. The molecule has 0 bridgehead atoms. The molecule has 0 fully saturated rings. The van der Waals surface area contributed by atoms with Gasteiger partial charge in [0.2, 0.25) is 6.10 Å². The second kappa shape index (κ2) is 5.72. The van der Waals surface area contributed by atoms with E-state index < -0.39 is 31.2 Å². The van der Waals surface area contributed by atoms with Crippen molar-refractivity contribution in [3.8, 4) is 0 Å². The molecule has 2 nitrogen and oxygen atoms in total. The van der Waals surface area contributed by atoms with Gasteiger partial charge in [-0.15, -0.1) is 0 Å². The maximum absolute atomic E-state index is 12.0. The van der Waals surface area contributed by atoms with Gasteiger partial charge in [0.05, 0.1) is 12.7 Å². The quantitative estimate of drug-likeness (QED) is 0.702. The first-order chi connectivity index (χ1) is 7.12. The lowest BCUT2D eigenvalue weighted by Gasteiger charge is -2.24. The smallest absolute Gasteiger partial charge is 0.379 e. The monoisotopic (exact) mass is 254 g/mol. The summed E-state index contributed by atoms with van der Waals surface area (Å²) >= 11 is 0. The maximum atomic E-state index is 12.0. The van der Waals surface area contributed by atoms with Crippen molar-refractivity contribution in [2.45, 2.75) is 37.9 Å². The minimum atomic E-state index is -5.47. The van der Waals surface area contributed by atoms with Crippen molar-refractivity contribution in [1.82, 2.24) is 0 Å². The third-order valence-corrected chi connectivity index (χ3v) is 1.83. The molecule has 8 heteroatoms. The number of ether oxygens (including phenoxy) is 2. The minimum absolute atomic E-state index is 0.263. The first-order valence-corrected chi connectivity index (χ1v) is 4.40. The fourth-order valence-electron chi connectivity index (χ4n) is 0.931. The van der Waals surface area contributed by atoms with Crippen molar-refractivity contribution < 1.29 is 35.8 Å². The zero-order chi connectivity index (χ0) is 13.0. The van der Waals surface area contributed by atoms with E-state index in [9.17, 15) is 26.3 Å². The van der Waals surface area contributed by atoms with Crippen LogP contribution in [0.3, 0.4) is 0 Å². The Kier molecular flexibility index (Phi) is 5.54. The summed E-state index contributed by atoms with van der Waals surface area (Å²) in [6, 6.07) is 0. The Hall–Kier alpha value is -0.500. The third-order valence-electron chi connectivity index (χ3n) is 1.83. The number of hydrogen-bond acceptors (Lipinski definition) is 2. The van der Waals surface area contributed by atoms with Gasteiger partial charge in [-0.1, -0.05) is 6.92 Å². The molecule has 0 saturated carbocycles. The molecular weight excluding hydrogens is 242 g/mol. The van der Waals surface area contributed by atoms with Crippen molar-refractivity contribution in [3.63, 3.8) is 0 Å². The van der Waals surface area contributed by atoms with E-state index in [1.165, 1.54) is 7.11 Å². The minimum Gasteiger partial charge on any atom is -0.379 e. The van der Waals surface area contributed by atoms with E-state index in [2.05, 4.69) is 9.47 Å². The van der Waals surface area contributed by atoms with Crippen molar-refractivity contribution in [1.29, 1.82) is 0 Å². The largest absolute Gasteiger partial charge is 0.423 e. The molecule has 0 aromatic carbocycles. The summed E-state index contributed by atoms with van der Waals surface area (Å²) in [5, 5.41) is 0. The zero-order valence-electron chi connectivity index (χ0n) is 8.65. The molecule has 0 aromatic rings. The molecule has 0 radical (unpaired) electrons. The van der Waals surface area contributed by atoms with E-state index in [4.69, 9.17) is 0 Å². The molecule has 1 atom stereocenters. The second-order valence-electron chi connectivity index (χ2n) is 3.06. The summed E-state index contributed by atoms with van der Waals surface area (Å²) in [5.74, 6) is 0. The van der Waals surface area contributed by atoms with Gasteiger partial charge in [-0.3, -0.25) is 0 Å². The van der Waals surface area contributed by atoms with E-state index in [1.54, 1.807) is 6.92 Å². The molecule has 0 aliphatic carbocycles. The van der Waals surface area contributed by atoms with Gasteiger partial charge in [0.25, 0.3) is 0 Å². The highest BCUT2D eigenvalue weighted by Gasteiger charge is 2.58. The van der Waals surface area contributed by atoms with Crippen LogP contribution in [0.25, 0.3) is 0 Å². The summed E-state index contributed by atoms with van der Waals surface area (Å²) in [4.78, 5) is 0. The van der Waals surface area contributed by atoms with Crippen LogP contribution in [0.4, 0.5) is 26.3 Å². The molecule has 0 amide bonds. The lowest BCUT2D eigenvalue weighted by atomic mass is 10.3. The lowest BCUT2D eigenvalue weighted by Crippen LogP contribution is -2.45. The van der Waals surface area contributed by atoms with Gasteiger partial charge in [0.15, 0.2) is 0 Å². The van der Waals surface area contributed by atoms with Crippen LogP contribution in [0.1, 0.15) is 13.3 Å². The molecule has 0 N–H and O–H groups in total. The summed E-state index contributed by atoms with van der Waals surface area (Å²) in [6.45, 7) is 0.810. The van der Waals surface area contributed by atoms with Gasteiger partial charge in [0.1, 0.15) is 0 Å². The second-order valence-corrected chi connectivity index (χ2v) is 3.06. The van der Waals surface area contributed by atoms with Crippen molar-refractivity contribution in [2.75, 3.05) is 13.7 Å². The average molecular weight is 254 g/mol. The Balaban J connectivity index is 4.47. The topological polar surface area (TPSA) is 18.5 Å². The van der Waals surface area contributed by atoms with Gasteiger partial charge in [-0.05, 0) is 6.42 Å². The predicted octanol–water partition coefficient (Wildman–Crippen LogP) is 2.92. The Morgan fingerprint density at radius 1 is 1.00 bits per heavy atom. The number of rotatable bonds is 5. The van der Waals surface area contributed by atoms with E-state index in [0.717, 1.165) is 0 Å². The van der Waals surface area contributed by atoms with E-state index in [1.807, 2.05) is 0 Å². The van der Waals surface area contributed by atoms with E-state index >= 15 is 0 Å². The summed E-state index contributed by atoms with van der Waals surface area (Å²) < 4.78 is 80.4. The fraction of sp³-hybridized carbons (Fsp3) is 1.00. The van der Waals surface area contributed by atoms with Crippen LogP contribution in [0.15, 0.2) is 0 Å². The molecule has 16 heavy (non-hydrogen) atoms. The summed E-state index contributed by atoms with van der Waals surface area (Å²) in [7, 11) is 1.19. The number of halogens is 6. The van der Waals surface area contributed by atoms with Gasteiger partial charge in [-0.2, -0.15) is 26.3 Å². The van der Waals surface area contributed by atoms with Crippen molar-refractivity contribution in [2.24, 2.45) is 0 Å². The van der Waals surface area contributed by atoms with Crippen LogP contribution in [-0.4, -0.2) is 38.3 Å². The summed E-state index contributed by atoms with van der Waals surface area (Å²) in [5.41, 5.74) is 0. The van der Waals surface area contributed by atoms with Gasteiger partial charge in [-0.25, -0.2) is 0 Å². The highest BCUT2D eigenvalue weighted by atomic mass is 19.4. The first-order valence-electron chi connectivity index (χ1n) is 4.40. The van der Waals surface area contributed by atoms with Crippen LogP contribution >= 0.6 is 0 Å². The normalized spacial score (nSPS) is 15.6. The molecule has 98 valence electrons. The highest BCUT2D eigenvalue weighted by Crippen LogP contribution is 2.35. The average Bonchev–Trinajstić information content (AvgIpc) is 2.08. The van der Waals surface area contributed by atoms with E-state index in [-0.39, 0.29) is 6.42 Å². The molecule has 0 aliphatic rings. The van der Waals surface area contributed by atoms with Crippen LogP contribution in [0, 0.1) is 0 Å². The Labute approximate surface area is 88.5 Å². The SMILES string of the molecule is CCC(COC(C(F)(F)F)C(F)(F)F)OC. The molecule has 1 unspecified atom stereocenters. The van der Waals surface area contributed by atoms with Crippen LogP contribution in [0.5, 0.6) is 0 Å². The Morgan fingerprint density at radius 2 is 1.44 bits per heavy atom. The number of hydrogen-bond donors (Lipinski definition) is 0. The molecular formula is C8H12F6O2. The fourth-order valence-corrected chi connectivity index (χ4v) is 0.931. The van der Waals surface area contributed by atoms with E-state index in [0.29, 0.717) is 0 Å². The van der Waals surface area contributed by atoms with Crippen LogP contribution in [0.2, 0.25) is 0 Å². The van der Waals surface area contributed by atoms with Crippen LogP contribution in [-0.2, 0) is 9.47 Å². The zero-order valence-corrected chi connectivity index (χ0v) is 8.65.